The van der Waals surface area contributed by atoms with E-state index in [1.807, 2.05) is 0 Å². The maximum absolute atomic E-state index is 13.1. The zero-order chi connectivity index (χ0) is 20.8. The molecule has 0 aliphatic carbocycles. The third-order valence-corrected chi connectivity index (χ3v) is 5.88. The Balaban J connectivity index is 1.72. The first kappa shape index (κ1) is 21.5. The summed E-state index contributed by atoms with van der Waals surface area (Å²) in [5.41, 5.74) is 0. The Morgan fingerprint density at radius 3 is 2.59 bits per heavy atom. The molecule has 0 aromatic heterocycles. The van der Waals surface area contributed by atoms with E-state index in [-0.39, 0.29) is 42.7 Å². The van der Waals surface area contributed by atoms with Crippen molar-refractivity contribution in [2.45, 2.75) is 37.8 Å². The predicted octanol–water partition coefficient (Wildman–Crippen LogP) is -1.93. The summed E-state index contributed by atoms with van der Waals surface area (Å²) < 4.78 is 4.93. The lowest BCUT2D eigenvalue weighted by Crippen LogP contribution is -2.64. The van der Waals surface area contributed by atoms with Crippen molar-refractivity contribution in [3.8, 4) is 0 Å². The molecule has 3 saturated heterocycles. The first-order valence-corrected chi connectivity index (χ1v) is 10.4. The smallest absolute Gasteiger partial charge is 0.248 e. The largest absolute Gasteiger partial charge is 0.375 e. The molecule has 0 spiro atoms. The third-order valence-electron chi connectivity index (χ3n) is 5.88. The van der Waals surface area contributed by atoms with E-state index in [1.54, 1.807) is 9.80 Å². The zero-order valence-electron chi connectivity index (χ0n) is 16.9. The Morgan fingerprint density at radius 2 is 1.90 bits per heavy atom. The maximum atomic E-state index is 13.1. The fourth-order valence-corrected chi connectivity index (χ4v) is 4.19. The number of ether oxygens (including phenoxy) is 1. The number of carbonyl (C=O) groups is 4. The Bertz CT molecular complexity index is 636. The first-order chi connectivity index (χ1) is 14.0. The highest BCUT2D eigenvalue weighted by atomic mass is 16.5. The number of piperazine rings is 1. The third kappa shape index (κ3) is 5.24. The summed E-state index contributed by atoms with van der Waals surface area (Å²) >= 11 is 0. The van der Waals surface area contributed by atoms with Gasteiger partial charge in [-0.05, 0) is 38.8 Å². The van der Waals surface area contributed by atoms with Crippen LogP contribution in [0.15, 0.2) is 0 Å². The second-order valence-corrected chi connectivity index (χ2v) is 7.84. The predicted molar refractivity (Wildman–Crippen MR) is 104 cm³/mol. The van der Waals surface area contributed by atoms with E-state index in [2.05, 4.69) is 16.0 Å². The van der Waals surface area contributed by atoms with Crippen molar-refractivity contribution in [2.75, 3.05) is 53.0 Å². The number of rotatable bonds is 5. The number of nitrogens with zero attached hydrogens (tertiary/aromatic N) is 2. The normalized spacial score (nSPS) is 26.0. The van der Waals surface area contributed by atoms with Crippen LogP contribution in [0, 0.1) is 5.92 Å². The second kappa shape index (κ2) is 10.0. The van der Waals surface area contributed by atoms with E-state index in [0.29, 0.717) is 26.1 Å². The molecule has 0 unspecified atom stereocenters. The van der Waals surface area contributed by atoms with Gasteiger partial charge in [0, 0.05) is 32.7 Å². The van der Waals surface area contributed by atoms with Crippen molar-refractivity contribution >= 4 is 23.6 Å². The summed E-state index contributed by atoms with van der Waals surface area (Å²) in [6, 6.07) is -1.40. The number of methoxy groups -OCH3 is 1. The van der Waals surface area contributed by atoms with E-state index in [9.17, 15) is 19.2 Å². The second-order valence-electron chi connectivity index (χ2n) is 7.84. The van der Waals surface area contributed by atoms with Crippen molar-refractivity contribution in [2.24, 2.45) is 5.92 Å². The Hall–Kier alpha value is -2.20. The van der Waals surface area contributed by atoms with Crippen LogP contribution >= 0.6 is 0 Å². The number of hydrogen-bond acceptors (Lipinski definition) is 6. The van der Waals surface area contributed by atoms with Crippen molar-refractivity contribution in [3.63, 3.8) is 0 Å². The number of nitrogens with one attached hydrogen (secondary N) is 3. The van der Waals surface area contributed by atoms with Gasteiger partial charge in [-0.3, -0.25) is 19.2 Å². The number of carbonyl (C=O) groups excluding carboxylic acids is 4. The van der Waals surface area contributed by atoms with Crippen LogP contribution in [0.25, 0.3) is 0 Å². The number of piperidine rings is 2. The summed E-state index contributed by atoms with van der Waals surface area (Å²) in [6.07, 6.45) is 2.83. The van der Waals surface area contributed by atoms with Gasteiger partial charge in [-0.1, -0.05) is 0 Å². The van der Waals surface area contributed by atoms with E-state index in [4.69, 9.17) is 4.74 Å². The molecule has 4 amide bonds. The molecule has 3 aliphatic heterocycles. The zero-order valence-corrected chi connectivity index (χ0v) is 16.9. The van der Waals surface area contributed by atoms with Gasteiger partial charge in [0.05, 0.1) is 6.54 Å². The highest BCUT2D eigenvalue weighted by molar-refractivity contribution is 5.93. The molecule has 3 aliphatic rings. The molecule has 10 nitrogen and oxygen atoms in total. The fourth-order valence-electron chi connectivity index (χ4n) is 4.19. The minimum Gasteiger partial charge on any atom is -0.375 e. The molecule has 3 rings (SSSR count). The van der Waals surface area contributed by atoms with Crippen LogP contribution in [0.1, 0.15) is 25.7 Å². The van der Waals surface area contributed by atoms with Crippen molar-refractivity contribution in [1.82, 2.24) is 25.8 Å². The average molecular weight is 409 g/mol. The lowest BCUT2D eigenvalue weighted by molar-refractivity contribution is -0.153. The van der Waals surface area contributed by atoms with E-state index < -0.39 is 12.1 Å². The Labute approximate surface area is 170 Å². The lowest BCUT2D eigenvalue weighted by Gasteiger charge is -2.42. The van der Waals surface area contributed by atoms with Gasteiger partial charge in [0.25, 0.3) is 0 Å². The van der Waals surface area contributed by atoms with Gasteiger partial charge in [-0.25, -0.2) is 0 Å². The highest BCUT2D eigenvalue weighted by Crippen LogP contribution is 2.20. The SMILES string of the molecule is COCC(=O)N1CCN(C(=O)C2CCNCC2)[C@H](C(=O)N[C@H]2CCCNC2=O)C1. The van der Waals surface area contributed by atoms with Crippen molar-refractivity contribution < 1.29 is 23.9 Å². The maximum Gasteiger partial charge on any atom is 0.248 e. The van der Waals surface area contributed by atoms with E-state index >= 15 is 0 Å². The molecule has 162 valence electrons. The molecule has 3 N–H and O–H groups in total. The number of hydrogen-bond donors (Lipinski definition) is 3. The number of amides is 4. The van der Waals surface area contributed by atoms with Gasteiger partial charge in [0.1, 0.15) is 18.7 Å². The van der Waals surface area contributed by atoms with Gasteiger partial charge < -0.3 is 30.5 Å². The molecule has 10 heteroatoms. The van der Waals surface area contributed by atoms with Gasteiger partial charge in [0.2, 0.25) is 23.6 Å². The molecular weight excluding hydrogens is 378 g/mol. The molecule has 2 atom stereocenters. The lowest BCUT2D eigenvalue weighted by atomic mass is 9.95. The molecule has 0 saturated carbocycles. The molecule has 0 aromatic rings. The fraction of sp³-hybridized carbons (Fsp3) is 0.789. The van der Waals surface area contributed by atoms with Crippen LogP contribution in [0.2, 0.25) is 0 Å². The summed E-state index contributed by atoms with van der Waals surface area (Å²) in [5.74, 6) is -0.966. The standard InChI is InChI=1S/C19H31N5O5/c1-29-12-16(25)23-9-10-24(19(28)13-4-7-20-8-5-13)15(11-23)18(27)22-14-3-2-6-21-17(14)26/h13-15,20H,2-12H2,1H3,(H,21,26)(H,22,27)/t14-,15-/m0/s1. The van der Waals surface area contributed by atoms with Crippen molar-refractivity contribution in [1.29, 1.82) is 0 Å². The molecule has 29 heavy (non-hydrogen) atoms. The van der Waals surface area contributed by atoms with Crippen LogP contribution in [0.5, 0.6) is 0 Å². The van der Waals surface area contributed by atoms with Gasteiger partial charge in [-0.2, -0.15) is 0 Å². The highest BCUT2D eigenvalue weighted by Gasteiger charge is 2.40. The van der Waals surface area contributed by atoms with Crippen LogP contribution in [0.3, 0.4) is 0 Å². The van der Waals surface area contributed by atoms with Crippen LogP contribution in [-0.2, 0) is 23.9 Å². The van der Waals surface area contributed by atoms with Gasteiger partial charge in [-0.15, -0.1) is 0 Å². The van der Waals surface area contributed by atoms with Gasteiger partial charge >= 0.3 is 0 Å². The van der Waals surface area contributed by atoms with Crippen LogP contribution < -0.4 is 16.0 Å². The van der Waals surface area contributed by atoms with E-state index in [0.717, 1.165) is 32.4 Å². The topological polar surface area (TPSA) is 120 Å². The quantitative estimate of drug-likeness (QED) is 0.486. The molecule has 0 aromatic carbocycles. The Kier molecular flexibility index (Phi) is 7.43. The minimum atomic E-state index is -0.804. The van der Waals surface area contributed by atoms with Crippen molar-refractivity contribution in [3.05, 3.63) is 0 Å². The molecule has 0 bridgehead atoms. The van der Waals surface area contributed by atoms with E-state index in [1.165, 1.54) is 7.11 Å². The minimum absolute atomic E-state index is 0.0430. The summed E-state index contributed by atoms with van der Waals surface area (Å²) in [5, 5.41) is 8.78. The molecule has 0 radical (unpaired) electrons. The van der Waals surface area contributed by atoms with Crippen LogP contribution in [0.4, 0.5) is 0 Å². The Morgan fingerprint density at radius 1 is 1.14 bits per heavy atom. The summed E-state index contributed by atoms with van der Waals surface area (Å²) in [6.45, 7) is 2.87. The average Bonchev–Trinajstić information content (AvgIpc) is 2.75. The summed E-state index contributed by atoms with van der Waals surface area (Å²) in [7, 11) is 1.45. The van der Waals surface area contributed by atoms with Gasteiger partial charge in [0.15, 0.2) is 0 Å². The molecular formula is C19H31N5O5. The summed E-state index contributed by atoms with van der Waals surface area (Å²) in [4.78, 5) is 53.7. The molecule has 3 heterocycles. The van der Waals surface area contributed by atoms with Crippen LogP contribution in [-0.4, -0.2) is 98.5 Å². The first-order valence-electron chi connectivity index (χ1n) is 10.4. The monoisotopic (exact) mass is 409 g/mol. The molecule has 3 fully saturated rings.